The molecule has 2 aliphatic heterocycles. The molecule has 2 saturated carbocycles. The summed E-state index contributed by atoms with van der Waals surface area (Å²) in [5, 5.41) is 5.84. The molecule has 2 aliphatic carbocycles. The molecule has 1 aromatic carbocycles. The van der Waals surface area contributed by atoms with Gasteiger partial charge in [-0.2, -0.15) is 0 Å². The molecule has 8 heteroatoms. The molecule has 0 aromatic heterocycles. The van der Waals surface area contributed by atoms with Crippen LogP contribution in [0.4, 0.5) is 16.2 Å². The van der Waals surface area contributed by atoms with E-state index in [-0.39, 0.29) is 24.3 Å². The van der Waals surface area contributed by atoms with E-state index in [1.807, 2.05) is 18.2 Å². The highest BCUT2D eigenvalue weighted by molar-refractivity contribution is 6.17. The van der Waals surface area contributed by atoms with Crippen LogP contribution >= 0.6 is 0 Å². The van der Waals surface area contributed by atoms with E-state index >= 15 is 0 Å². The minimum Gasteiger partial charge on any atom is -0.323 e. The van der Waals surface area contributed by atoms with Crippen molar-refractivity contribution in [3.63, 3.8) is 0 Å². The molecule has 8 nitrogen and oxygen atoms in total. The zero-order valence-electron chi connectivity index (χ0n) is 18.5. The maximum absolute atomic E-state index is 13.7. The number of urea groups is 1. The Hall–Kier alpha value is -2.90. The lowest BCUT2D eigenvalue weighted by Crippen LogP contribution is -2.62. The van der Waals surface area contributed by atoms with Crippen molar-refractivity contribution in [2.45, 2.75) is 75.8 Å². The molecule has 1 spiro atoms. The van der Waals surface area contributed by atoms with Crippen LogP contribution in [-0.4, -0.2) is 46.3 Å². The fourth-order valence-electron chi connectivity index (χ4n) is 6.15. The Kier molecular flexibility index (Phi) is 4.98. The SMILES string of the molecule is C[C@@]1(C2CCCCC2)NC(=O)N(CC(=O)N2c3ccccc3NC(=O)C23CCCC3)C1=O. The molecule has 1 atom stereocenters. The first-order valence-corrected chi connectivity index (χ1v) is 11.7. The van der Waals surface area contributed by atoms with E-state index in [0.717, 1.165) is 49.8 Å². The van der Waals surface area contributed by atoms with Crippen LogP contribution < -0.4 is 15.5 Å². The van der Waals surface area contributed by atoms with Crippen LogP contribution in [0, 0.1) is 5.92 Å². The third kappa shape index (κ3) is 3.03. The number of hydrogen-bond donors (Lipinski definition) is 2. The maximum atomic E-state index is 13.7. The minimum atomic E-state index is -0.972. The number of benzene rings is 1. The van der Waals surface area contributed by atoms with E-state index in [1.165, 1.54) is 0 Å². The molecule has 0 unspecified atom stereocenters. The molecule has 0 radical (unpaired) electrons. The van der Waals surface area contributed by atoms with Crippen LogP contribution in [0.1, 0.15) is 64.7 Å². The van der Waals surface area contributed by atoms with Crippen LogP contribution in [0.3, 0.4) is 0 Å². The van der Waals surface area contributed by atoms with Gasteiger partial charge < -0.3 is 10.6 Å². The molecular formula is C24H30N4O4. The first-order chi connectivity index (χ1) is 15.4. The Morgan fingerprint density at radius 2 is 1.72 bits per heavy atom. The summed E-state index contributed by atoms with van der Waals surface area (Å²) < 4.78 is 0. The summed E-state index contributed by atoms with van der Waals surface area (Å²) >= 11 is 0. The zero-order valence-corrected chi connectivity index (χ0v) is 18.5. The van der Waals surface area contributed by atoms with Gasteiger partial charge in [0.1, 0.15) is 17.6 Å². The van der Waals surface area contributed by atoms with Gasteiger partial charge in [-0.05, 0) is 50.7 Å². The van der Waals surface area contributed by atoms with Crippen molar-refractivity contribution in [1.82, 2.24) is 10.2 Å². The Bertz CT molecular complexity index is 980. The number of carbonyl (C=O) groups excluding carboxylic acids is 4. The minimum absolute atomic E-state index is 0.0791. The summed E-state index contributed by atoms with van der Waals surface area (Å²) in [6.07, 6.45) is 7.87. The van der Waals surface area contributed by atoms with Crippen molar-refractivity contribution < 1.29 is 19.2 Å². The highest BCUT2D eigenvalue weighted by atomic mass is 16.2. The van der Waals surface area contributed by atoms with E-state index < -0.39 is 23.0 Å². The van der Waals surface area contributed by atoms with Gasteiger partial charge in [0, 0.05) is 0 Å². The summed E-state index contributed by atoms with van der Waals surface area (Å²) in [6, 6.07) is 6.69. The smallest absolute Gasteiger partial charge is 0.323 e. The second kappa shape index (κ2) is 7.60. The van der Waals surface area contributed by atoms with Gasteiger partial charge in [-0.15, -0.1) is 0 Å². The number of nitrogens with one attached hydrogen (secondary N) is 2. The number of amides is 5. The zero-order chi connectivity index (χ0) is 22.5. The van der Waals surface area contributed by atoms with Crippen LogP contribution in [-0.2, 0) is 14.4 Å². The number of carbonyl (C=O) groups is 4. The fourth-order valence-corrected chi connectivity index (χ4v) is 6.15. The van der Waals surface area contributed by atoms with Gasteiger partial charge in [0.25, 0.3) is 11.8 Å². The quantitative estimate of drug-likeness (QED) is 0.708. The standard InChI is InChI=1S/C24H30N4O4/c1-23(16-9-3-2-4-10-16)21(31)27(22(32)26-23)15-19(29)28-18-12-6-5-11-17(18)25-20(30)24(28)13-7-8-14-24/h5-6,11-12,16H,2-4,7-10,13-15H2,1H3,(H,25,30)(H,26,32)/t23-/m0/s1. The normalized spacial score (nSPS) is 27.5. The van der Waals surface area contributed by atoms with Crippen molar-refractivity contribution in [2.24, 2.45) is 5.92 Å². The Balaban J connectivity index is 1.44. The van der Waals surface area contributed by atoms with Crippen molar-refractivity contribution in [2.75, 3.05) is 16.8 Å². The summed E-state index contributed by atoms with van der Waals surface area (Å²) in [5.74, 6) is -0.842. The largest absolute Gasteiger partial charge is 0.325 e. The van der Waals surface area contributed by atoms with E-state index in [1.54, 1.807) is 17.9 Å². The number of fused-ring (bicyclic) bond motifs is 1. The van der Waals surface area contributed by atoms with Gasteiger partial charge in [-0.1, -0.05) is 44.2 Å². The second-order valence-electron chi connectivity index (χ2n) is 9.80. The third-order valence-corrected chi connectivity index (χ3v) is 7.94. The molecular weight excluding hydrogens is 408 g/mol. The topological polar surface area (TPSA) is 98.8 Å². The van der Waals surface area contributed by atoms with E-state index in [0.29, 0.717) is 24.2 Å². The average Bonchev–Trinajstić information content (AvgIpc) is 3.36. The first kappa shape index (κ1) is 21.0. The molecule has 1 saturated heterocycles. The number of rotatable bonds is 3. The lowest BCUT2D eigenvalue weighted by atomic mass is 9.75. The lowest BCUT2D eigenvalue weighted by molar-refractivity contribution is -0.136. The van der Waals surface area contributed by atoms with Gasteiger partial charge >= 0.3 is 6.03 Å². The highest BCUT2D eigenvalue weighted by Crippen LogP contribution is 2.45. The van der Waals surface area contributed by atoms with Gasteiger partial charge in [0.2, 0.25) is 5.91 Å². The number of hydrogen-bond acceptors (Lipinski definition) is 4. The maximum Gasteiger partial charge on any atom is 0.325 e. The molecule has 1 aromatic rings. The summed E-state index contributed by atoms with van der Waals surface area (Å²) in [5.41, 5.74) is -0.731. The van der Waals surface area contributed by atoms with Crippen LogP contribution in [0.15, 0.2) is 24.3 Å². The Morgan fingerprint density at radius 3 is 2.44 bits per heavy atom. The van der Waals surface area contributed by atoms with Gasteiger partial charge in [0.15, 0.2) is 0 Å². The highest BCUT2D eigenvalue weighted by Gasteiger charge is 2.55. The first-order valence-electron chi connectivity index (χ1n) is 11.7. The van der Waals surface area contributed by atoms with Gasteiger partial charge in [-0.25, -0.2) is 4.79 Å². The summed E-state index contributed by atoms with van der Waals surface area (Å²) in [4.78, 5) is 55.6. The molecule has 3 fully saturated rings. The molecule has 5 rings (SSSR count). The molecule has 4 aliphatic rings. The number of imide groups is 1. The molecule has 2 N–H and O–H groups in total. The van der Waals surface area contributed by atoms with Crippen LogP contribution in [0.25, 0.3) is 0 Å². The van der Waals surface area contributed by atoms with Gasteiger partial charge in [-0.3, -0.25) is 24.2 Å². The second-order valence-corrected chi connectivity index (χ2v) is 9.80. The van der Waals surface area contributed by atoms with Crippen molar-refractivity contribution in [1.29, 1.82) is 0 Å². The van der Waals surface area contributed by atoms with Crippen molar-refractivity contribution in [3.8, 4) is 0 Å². The summed E-state index contributed by atoms with van der Waals surface area (Å²) in [6.45, 7) is 1.42. The Labute approximate surface area is 187 Å². The number of para-hydroxylation sites is 2. The lowest BCUT2D eigenvalue weighted by Gasteiger charge is -2.44. The van der Waals surface area contributed by atoms with Crippen molar-refractivity contribution in [3.05, 3.63) is 24.3 Å². The molecule has 0 bridgehead atoms. The van der Waals surface area contributed by atoms with E-state index in [2.05, 4.69) is 10.6 Å². The number of nitrogens with zero attached hydrogens (tertiary/aromatic N) is 2. The number of anilines is 2. The van der Waals surface area contributed by atoms with E-state index in [4.69, 9.17) is 0 Å². The average molecular weight is 439 g/mol. The van der Waals surface area contributed by atoms with Crippen molar-refractivity contribution >= 4 is 35.1 Å². The fraction of sp³-hybridized carbons (Fsp3) is 0.583. The molecule has 5 amide bonds. The summed E-state index contributed by atoms with van der Waals surface area (Å²) in [7, 11) is 0. The van der Waals surface area contributed by atoms with Gasteiger partial charge in [0.05, 0.1) is 11.4 Å². The molecule has 32 heavy (non-hydrogen) atoms. The third-order valence-electron chi connectivity index (χ3n) is 7.94. The molecule has 2 heterocycles. The Morgan fingerprint density at radius 1 is 1.03 bits per heavy atom. The van der Waals surface area contributed by atoms with Crippen LogP contribution in [0.2, 0.25) is 0 Å². The monoisotopic (exact) mass is 438 g/mol. The van der Waals surface area contributed by atoms with E-state index in [9.17, 15) is 19.2 Å². The van der Waals surface area contributed by atoms with Crippen LogP contribution in [0.5, 0.6) is 0 Å². The molecule has 170 valence electrons. The predicted molar refractivity (Wildman–Crippen MR) is 119 cm³/mol. The predicted octanol–water partition coefficient (Wildman–Crippen LogP) is 3.18.